The van der Waals surface area contributed by atoms with E-state index >= 15 is 0 Å². The van der Waals surface area contributed by atoms with Crippen LogP contribution in [0.15, 0.2) is 42.5 Å². The molecule has 1 amide bonds. The van der Waals surface area contributed by atoms with Gasteiger partial charge in [0, 0.05) is 10.9 Å². The van der Waals surface area contributed by atoms with Gasteiger partial charge < -0.3 is 21.9 Å². The van der Waals surface area contributed by atoms with E-state index in [1.165, 1.54) is 22.9 Å². The number of ether oxygens (including phenoxy) is 1. The minimum Gasteiger partial charge on any atom is -0.403 e. The van der Waals surface area contributed by atoms with Crippen molar-refractivity contribution in [3.8, 4) is 17.3 Å². The summed E-state index contributed by atoms with van der Waals surface area (Å²) in [4.78, 5) is 19.1. The van der Waals surface area contributed by atoms with Gasteiger partial charge in [0.15, 0.2) is 17.5 Å². The largest absolute Gasteiger partial charge is 0.410 e. The van der Waals surface area contributed by atoms with Crippen molar-refractivity contribution in [2.24, 2.45) is 5.73 Å². The van der Waals surface area contributed by atoms with Gasteiger partial charge in [0.05, 0.1) is 6.54 Å². The van der Waals surface area contributed by atoms with Gasteiger partial charge >= 0.3 is 6.09 Å². The summed E-state index contributed by atoms with van der Waals surface area (Å²) < 4.78 is 34.8. The average Bonchev–Trinajstić information content (AvgIpc) is 3.06. The first-order valence-electron chi connectivity index (χ1n) is 8.64. The van der Waals surface area contributed by atoms with Gasteiger partial charge in [-0.05, 0) is 12.1 Å². The molecule has 0 bridgehead atoms. The lowest BCUT2D eigenvalue weighted by Crippen LogP contribution is -2.19. The summed E-state index contributed by atoms with van der Waals surface area (Å²) in [6.07, 6.45) is -1.13. The summed E-state index contributed by atoms with van der Waals surface area (Å²) in [5.41, 5.74) is 17.2. The number of hydrogen-bond acceptors (Lipinski definition) is 7. The van der Waals surface area contributed by atoms with Gasteiger partial charge in [-0.15, -0.1) is 0 Å². The number of nitrogen functional groups attached to an aromatic ring is 2. The van der Waals surface area contributed by atoms with Gasteiger partial charge in [0.1, 0.15) is 22.8 Å². The fourth-order valence-corrected chi connectivity index (χ4v) is 3.06. The molecule has 0 aliphatic heterocycles. The third kappa shape index (κ3) is 3.32. The van der Waals surface area contributed by atoms with E-state index in [-0.39, 0.29) is 41.0 Å². The number of rotatable bonds is 4. The molecule has 11 heteroatoms. The molecular weight excluding hydrogens is 396 g/mol. The molecule has 0 spiro atoms. The fourth-order valence-electron chi connectivity index (χ4n) is 3.06. The maximum absolute atomic E-state index is 14.6. The summed E-state index contributed by atoms with van der Waals surface area (Å²) in [5, 5.41) is 4.74. The van der Waals surface area contributed by atoms with Gasteiger partial charge in [-0.25, -0.2) is 23.5 Å². The van der Waals surface area contributed by atoms with Crippen molar-refractivity contribution in [3.63, 3.8) is 0 Å². The molecule has 0 radical (unpaired) electrons. The molecule has 152 valence electrons. The summed E-state index contributed by atoms with van der Waals surface area (Å²) in [6.45, 7) is -0.0298. The van der Waals surface area contributed by atoms with Crippen molar-refractivity contribution >= 4 is 28.6 Å². The molecule has 0 unspecified atom stereocenters. The first-order chi connectivity index (χ1) is 14.3. The van der Waals surface area contributed by atoms with E-state index in [2.05, 4.69) is 15.1 Å². The van der Waals surface area contributed by atoms with Crippen molar-refractivity contribution in [3.05, 3.63) is 59.7 Å². The topological polar surface area (TPSA) is 148 Å². The lowest BCUT2D eigenvalue weighted by atomic mass is 10.2. The zero-order valence-electron chi connectivity index (χ0n) is 15.3. The number of anilines is 2. The Bertz CT molecular complexity index is 1270. The number of carbonyl (C=O) groups excluding carboxylic acids is 1. The highest BCUT2D eigenvalue weighted by atomic mass is 19.1. The predicted octanol–water partition coefficient (Wildman–Crippen LogP) is 2.44. The Balaban J connectivity index is 1.88. The Morgan fingerprint density at radius 1 is 1.00 bits per heavy atom. The van der Waals surface area contributed by atoms with Crippen LogP contribution in [0.4, 0.5) is 25.2 Å². The molecular formula is C19H15F2N7O2. The number of primary amides is 1. The highest BCUT2D eigenvalue weighted by molar-refractivity contribution is 5.92. The zero-order valence-corrected chi connectivity index (χ0v) is 15.3. The molecule has 0 saturated carbocycles. The Hall–Kier alpha value is -4.28. The highest BCUT2D eigenvalue weighted by Crippen LogP contribution is 2.33. The molecule has 4 aromatic rings. The standard InChI is InChI=1S/C19H15F2N7O2/c20-11-6-2-1-4-9(11)8-28-14-10(5-3-7-12(14)21)13(27-28)18-25-16(22)15(17(23)26-18)30-19(24)29/h1-7H,8H2,(H2,24,29)(H4,22,23,25,26). The first kappa shape index (κ1) is 19.1. The van der Waals surface area contributed by atoms with Crippen LogP contribution in [-0.2, 0) is 6.54 Å². The molecule has 2 heterocycles. The van der Waals surface area contributed by atoms with E-state index in [9.17, 15) is 13.6 Å². The van der Waals surface area contributed by atoms with Gasteiger partial charge in [-0.2, -0.15) is 5.10 Å². The molecule has 6 N–H and O–H groups in total. The number of fused-ring (bicyclic) bond motifs is 1. The van der Waals surface area contributed by atoms with Crippen LogP contribution in [0, 0.1) is 11.6 Å². The number of nitrogens with zero attached hydrogens (tertiary/aromatic N) is 4. The number of benzene rings is 2. The number of hydrogen-bond donors (Lipinski definition) is 3. The minimum atomic E-state index is -1.13. The first-order valence-corrected chi connectivity index (χ1v) is 8.64. The summed E-state index contributed by atoms with van der Waals surface area (Å²) in [5.74, 6) is -1.81. The van der Waals surface area contributed by atoms with Gasteiger partial charge in [-0.3, -0.25) is 4.68 Å². The number of aromatic nitrogens is 4. The minimum absolute atomic E-state index is 0.0234. The smallest absolute Gasteiger partial charge is 0.403 e. The molecule has 4 rings (SSSR count). The quantitative estimate of drug-likeness (QED) is 0.467. The molecule has 0 aliphatic rings. The monoisotopic (exact) mass is 411 g/mol. The van der Waals surface area contributed by atoms with E-state index in [1.54, 1.807) is 24.3 Å². The van der Waals surface area contributed by atoms with E-state index in [0.717, 1.165) is 0 Å². The van der Waals surface area contributed by atoms with Gasteiger partial charge in [0.2, 0.25) is 5.75 Å². The number of amides is 1. The molecule has 0 saturated heterocycles. The third-order valence-electron chi connectivity index (χ3n) is 4.33. The van der Waals surface area contributed by atoms with Crippen LogP contribution in [0.1, 0.15) is 5.56 Å². The van der Waals surface area contributed by atoms with Crippen LogP contribution in [0.25, 0.3) is 22.4 Å². The van der Waals surface area contributed by atoms with Gasteiger partial charge in [-0.1, -0.05) is 30.3 Å². The lowest BCUT2D eigenvalue weighted by Gasteiger charge is -2.08. The van der Waals surface area contributed by atoms with E-state index in [4.69, 9.17) is 21.9 Å². The normalized spacial score (nSPS) is 11.0. The third-order valence-corrected chi connectivity index (χ3v) is 4.33. The van der Waals surface area contributed by atoms with Crippen LogP contribution in [0.2, 0.25) is 0 Å². The second-order valence-electron chi connectivity index (χ2n) is 6.30. The number of halogens is 2. The van der Waals surface area contributed by atoms with Crippen LogP contribution in [0.3, 0.4) is 0 Å². The van der Waals surface area contributed by atoms with Crippen LogP contribution in [0.5, 0.6) is 5.75 Å². The molecule has 30 heavy (non-hydrogen) atoms. The molecule has 2 aromatic carbocycles. The number of nitrogens with two attached hydrogens (primary N) is 3. The molecule has 0 fully saturated rings. The summed E-state index contributed by atoms with van der Waals surface area (Å²) in [7, 11) is 0. The van der Waals surface area contributed by atoms with E-state index in [1.807, 2.05) is 0 Å². The maximum Gasteiger partial charge on any atom is 0.410 e. The van der Waals surface area contributed by atoms with Crippen LogP contribution < -0.4 is 21.9 Å². The van der Waals surface area contributed by atoms with E-state index < -0.39 is 17.7 Å². The summed E-state index contributed by atoms with van der Waals surface area (Å²) >= 11 is 0. The van der Waals surface area contributed by atoms with Crippen molar-refractivity contribution in [2.75, 3.05) is 11.5 Å². The second-order valence-corrected chi connectivity index (χ2v) is 6.30. The molecule has 2 aromatic heterocycles. The molecule has 0 aliphatic carbocycles. The zero-order chi connectivity index (χ0) is 21.4. The van der Waals surface area contributed by atoms with Crippen molar-refractivity contribution in [1.29, 1.82) is 0 Å². The Morgan fingerprint density at radius 2 is 1.67 bits per heavy atom. The average molecular weight is 411 g/mol. The SMILES string of the molecule is NC(=O)Oc1c(N)nc(-c2nn(Cc3ccccc3F)c3c(F)cccc23)nc1N. The molecule has 9 nitrogen and oxygen atoms in total. The predicted molar refractivity (Wildman–Crippen MR) is 105 cm³/mol. The Kier molecular flexibility index (Phi) is 4.62. The lowest BCUT2D eigenvalue weighted by molar-refractivity contribution is 0.211. The summed E-state index contributed by atoms with van der Waals surface area (Å²) in [6, 6.07) is 10.5. The van der Waals surface area contributed by atoms with Gasteiger partial charge in [0.25, 0.3) is 0 Å². The maximum atomic E-state index is 14.6. The Labute approximate surface area is 168 Å². The second kappa shape index (κ2) is 7.28. The van der Waals surface area contributed by atoms with Crippen molar-refractivity contribution in [1.82, 2.24) is 19.7 Å². The fraction of sp³-hybridized carbons (Fsp3) is 0.0526. The van der Waals surface area contributed by atoms with Crippen LogP contribution >= 0.6 is 0 Å². The Morgan fingerprint density at radius 3 is 2.33 bits per heavy atom. The van der Waals surface area contributed by atoms with Crippen LogP contribution in [-0.4, -0.2) is 25.8 Å². The number of carbonyl (C=O) groups is 1. The van der Waals surface area contributed by atoms with E-state index in [0.29, 0.717) is 10.9 Å². The number of para-hydroxylation sites is 1. The van der Waals surface area contributed by atoms with Crippen molar-refractivity contribution < 1.29 is 18.3 Å². The highest BCUT2D eigenvalue weighted by Gasteiger charge is 2.21. The molecule has 0 atom stereocenters. The van der Waals surface area contributed by atoms with Crippen molar-refractivity contribution in [2.45, 2.75) is 6.54 Å².